The lowest BCUT2D eigenvalue weighted by molar-refractivity contribution is -0.411. The molecule has 0 aromatic carbocycles. The SMILES string of the molecule is OCC1OC(OC2C(CO)OC(OC3C(CO)OC(O)C(O)C3OC3OC(CO)C(OC4OC(CO)C(OC5OC(CO)C(O)C(O)C5O)C(O)C4O)C(OC4OC(CO)C(O)C(O)C4O)C3O)C(O)C2O)C(O)C(O)C1O. The summed E-state index contributed by atoms with van der Waals surface area (Å²) in [5, 5.41) is 245. The van der Waals surface area contributed by atoms with Gasteiger partial charge in [0.05, 0.1) is 46.2 Å². The second-order valence-corrected chi connectivity index (χ2v) is 19.6. The molecule has 0 aromatic rings. The summed E-state index contributed by atoms with van der Waals surface area (Å²) < 4.78 is 73.6. The van der Waals surface area contributed by atoms with Crippen LogP contribution < -0.4 is 0 Å². The van der Waals surface area contributed by atoms with E-state index in [0.29, 0.717) is 0 Å². The van der Waals surface area contributed by atoms with Crippen LogP contribution in [0.3, 0.4) is 0 Å². The van der Waals surface area contributed by atoms with Crippen LogP contribution in [0.25, 0.3) is 0 Å². The predicted molar refractivity (Wildman–Crippen MR) is 232 cm³/mol. The van der Waals surface area contributed by atoms with Gasteiger partial charge in [-0.15, -0.1) is 0 Å². The minimum absolute atomic E-state index is 0.881. The average molecular weight is 1150 g/mol. The maximum absolute atomic E-state index is 12.1. The minimum Gasteiger partial charge on any atom is -0.394 e. The van der Waals surface area contributed by atoms with E-state index in [-0.39, 0.29) is 0 Å². The second-order valence-electron chi connectivity index (χ2n) is 19.6. The standard InChI is InChI=1S/C42H72O36/c43-1-8-15(50)18(53)23(58)37(67-8)73-30-11(4-46)70-40(26(61)21(30)56)75-32-13(6-48)66-36(65)28(63)34(32)77-42-29(64)35(78-39-25(60)20(55)17(52)10(3-45)69-39)33(14(7-49)72-42)76-41-27(62)22(57)31(12(5-47)71-41)74-38-24(59)19(54)16(51)9(2-44)68-38/h8-65H,1-7H2. The zero-order valence-electron chi connectivity index (χ0n) is 40.8. The van der Waals surface area contributed by atoms with Crippen molar-refractivity contribution >= 4 is 0 Å². The Morgan fingerprint density at radius 2 is 0.410 bits per heavy atom. The van der Waals surface area contributed by atoms with Crippen LogP contribution in [0.15, 0.2) is 0 Å². The highest BCUT2D eigenvalue weighted by atomic mass is 16.8. The van der Waals surface area contributed by atoms with Gasteiger partial charge in [0, 0.05) is 0 Å². The summed E-state index contributed by atoms with van der Waals surface area (Å²) >= 11 is 0. The molecule has 0 spiro atoms. The van der Waals surface area contributed by atoms with Crippen LogP contribution in [0.2, 0.25) is 0 Å². The van der Waals surface area contributed by atoms with Gasteiger partial charge in [-0.2, -0.15) is 0 Å². The van der Waals surface area contributed by atoms with Gasteiger partial charge in [-0.25, -0.2) is 0 Å². The first-order valence-electron chi connectivity index (χ1n) is 24.7. The molecule has 23 N–H and O–H groups in total. The quantitative estimate of drug-likeness (QED) is 0.0571. The zero-order chi connectivity index (χ0) is 57.3. The van der Waals surface area contributed by atoms with E-state index in [0.717, 1.165) is 0 Å². The highest BCUT2D eigenvalue weighted by molar-refractivity contribution is 5.01. The van der Waals surface area contributed by atoms with Crippen molar-refractivity contribution in [1.82, 2.24) is 0 Å². The maximum atomic E-state index is 12.1. The van der Waals surface area contributed by atoms with E-state index in [1.165, 1.54) is 0 Å². The van der Waals surface area contributed by atoms with E-state index < -0.39 is 261 Å². The van der Waals surface area contributed by atoms with Crippen molar-refractivity contribution in [1.29, 1.82) is 0 Å². The van der Waals surface area contributed by atoms with Crippen LogP contribution in [0.1, 0.15) is 0 Å². The fraction of sp³-hybridized carbons (Fsp3) is 1.00. The van der Waals surface area contributed by atoms with Crippen LogP contribution in [0.4, 0.5) is 0 Å². The molecule has 0 amide bonds. The summed E-state index contributed by atoms with van der Waals surface area (Å²) in [5.41, 5.74) is 0. The van der Waals surface area contributed by atoms with Gasteiger partial charge in [0.2, 0.25) is 0 Å². The smallest absolute Gasteiger partial charge is 0.187 e. The Kier molecular flexibility index (Phi) is 22.6. The highest BCUT2D eigenvalue weighted by Gasteiger charge is 2.59. The normalized spacial score (nSPS) is 53.5. The van der Waals surface area contributed by atoms with Crippen LogP contribution in [0, 0.1) is 0 Å². The first-order valence-corrected chi connectivity index (χ1v) is 24.7. The number of aliphatic hydroxyl groups excluding tert-OH is 23. The first kappa shape index (κ1) is 64.1. The summed E-state index contributed by atoms with van der Waals surface area (Å²) in [6.07, 6.45) is -70.5. The van der Waals surface area contributed by atoms with E-state index in [1.807, 2.05) is 0 Å². The van der Waals surface area contributed by atoms with E-state index in [1.54, 1.807) is 0 Å². The van der Waals surface area contributed by atoms with Gasteiger partial charge in [-0.05, 0) is 0 Å². The summed E-state index contributed by atoms with van der Waals surface area (Å²) in [5.74, 6) is 0. The van der Waals surface area contributed by atoms with Crippen molar-refractivity contribution in [3.63, 3.8) is 0 Å². The van der Waals surface area contributed by atoms with E-state index in [4.69, 9.17) is 61.6 Å². The molecule has 7 saturated heterocycles. The van der Waals surface area contributed by atoms with Crippen molar-refractivity contribution in [2.24, 2.45) is 0 Å². The third-order valence-electron chi connectivity index (χ3n) is 14.5. The molecule has 36 nitrogen and oxygen atoms in total. The minimum atomic E-state index is -2.43. The highest BCUT2D eigenvalue weighted by Crippen LogP contribution is 2.39. The summed E-state index contributed by atoms with van der Waals surface area (Å²) in [7, 11) is 0. The third-order valence-corrected chi connectivity index (χ3v) is 14.5. The predicted octanol–water partition coefficient (Wildman–Crippen LogP) is -16.3. The van der Waals surface area contributed by atoms with Gasteiger partial charge in [0.25, 0.3) is 0 Å². The molecule has 7 aliphatic heterocycles. The fourth-order valence-electron chi connectivity index (χ4n) is 9.98. The third kappa shape index (κ3) is 12.9. The number of hydrogen-bond donors (Lipinski definition) is 23. The molecule has 0 saturated carbocycles. The summed E-state index contributed by atoms with van der Waals surface area (Å²) in [6, 6.07) is 0. The first-order chi connectivity index (χ1) is 37.0. The number of rotatable bonds is 19. The molecule has 35 atom stereocenters. The monoisotopic (exact) mass is 1150 g/mol. The summed E-state index contributed by atoms with van der Waals surface area (Å²) in [4.78, 5) is 0. The van der Waals surface area contributed by atoms with Crippen molar-refractivity contribution in [3.05, 3.63) is 0 Å². The van der Waals surface area contributed by atoms with Gasteiger partial charge in [0.1, 0.15) is 171 Å². The molecule has 7 heterocycles. The van der Waals surface area contributed by atoms with Crippen LogP contribution >= 0.6 is 0 Å². The molecule has 0 radical (unpaired) electrons. The Morgan fingerprint density at radius 3 is 0.718 bits per heavy atom. The molecule has 0 aromatic heterocycles. The van der Waals surface area contributed by atoms with Gasteiger partial charge >= 0.3 is 0 Å². The number of hydrogen-bond acceptors (Lipinski definition) is 36. The average Bonchev–Trinajstić information content (AvgIpc) is 3.43. The van der Waals surface area contributed by atoms with E-state index >= 15 is 0 Å². The van der Waals surface area contributed by atoms with Gasteiger partial charge < -0.3 is 179 Å². The summed E-state index contributed by atoms with van der Waals surface area (Å²) in [6.45, 7) is -7.20. The molecule has 7 rings (SSSR count). The molecule has 78 heavy (non-hydrogen) atoms. The zero-order valence-corrected chi connectivity index (χ0v) is 40.8. The Labute approximate surface area is 439 Å². The fourth-order valence-corrected chi connectivity index (χ4v) is 9.98. The Bertz CT molecular complexity index is 1810. The molecule has 0 aliphatic carbocycles. The molecule has 7 fully saturated rings. The Morgan fingerprint density at radius 1 is 0.192 bits per heavy atom. The van der Waals surface area contributed by atoms with E-state index in [9.17, 15) is 117 Å². The molecule has 0 bridgehead atoms. The Balaban J connectivity index is 1.14. The van der Waals surface area contributed by atoms with Crippen LogP contribution in [-0.4, -0.2) is 379 Å². The molecular weight excluding hydrogens is 1080 g/mol. The number of aliphatic hydroxyl groups is 23. The topological polar surface area (TPSA) is 585 Å². The van der Waals surface area contributed by atoms with E-state index in [2.05, 4.69) is 0 Å². The molecule has 456 valence electrons. The Hall–Kier alpha value is -1.44. The van der Waals surface area contributed by atoms with Crippen LogP contribution in [0.5, 0.6) is 0 Å². The van der Waals surface area contributed by atoms with Crippen LogP contribution in [-0.2, 0) is 61.6 Å². The van der Waals surface area contributed by atoms with Crippen molar-refractivity contribution in [3.8, 4) is 0 Å². The molecule has 35 unspecified atom stereocenters. The second kappa shape index (κ2) is 27.5. The molecule has 7 aliphatic rings. The van der Waals surface area contributed by atoms with Gasteiger partial charge in [0.15, 0.2) is 44.0 Å². The lowest BCUT2D eigenvalue weighted by Gasteiger charge is -2.51. The van der Waals surface area contributed by atoms with Gasteiger partial charge in [-0.3, -0.25) is 0 Å². The molecular formula is C42H72O36. The van der Waals surface area contributed by atoms with Crippen molar-refractivity contribution in [2.45, 2.75) is 215 Å². The lowest BCUT2D eigenvalue weighted by atomic mass is 9.94. The van der Waals surface area contributed by atoms with Gasteiger partial charge in [-0.1, -0.05) is 0 Å². The lowest BCUT2D eigenvalue weighted by Crippen LogP contribution is -2.69. The van der Waals surface area contributed by atoms with Crippen molar-refractivity contribution in [2.75, 3.05) is 46.2 Å². The number of ether oxygens (including phenoxy) is 13. The van der Waals surface area contributed by atoms with Crippen molar-refractivity contribution < 1.29 is 179 Å². The molecule has 36 heteroatoms. The maximum Gasteiger partial charge on any atom is 0.187 e. The largest absolute Gasteiger partial charge is 0.394 e.